The normalized spacial score (nSPS) is 11.9. The Labute approximate surface area is 104 Å². The number of alkyl halides is 3. The van der Waals surface area contributed by atoms with Gasteiger partial charge in [-0.25, -0.2) is 0 Å². The van der Waals surface area contributed by atoms with Gasteiger partial charge in [0.2, 0.25) is 0 Å². The molecule has 1 N–H and O–H groups in total. The number of aromatic hydroxyl groups is 1. The average molecular weight is 263 g/mol. The standard InChI is InChI=1S/C12H16F3NO2/c1-16(2)7-3-4-9-5-6-10(17)11(8-9)18-12(13,14)15/h5-6,8,17H,3-4,7H2,1-2H3. The highest BCUT2D eigenvalue weighted by molar-refractivity contribution is 5.42. The average Bonchev–Trinajstić information content (AvgIpc) is 2.20. The highest BCUT2D eigenvalue weighted by Gasteiger charge is 2.32. The van der Waals surface area contributed by atoms with Crippen LogP contribution in [0.5, 0.6) is 11.5 Å². The largest absolute Gasteiger partial charge is 0.573 e. The van der Waals surface area contributed by atoms with Gasteiger partial charge in [0.1, 0.15) is 0 Å². The summed E-state index contributed by atoms with van der Waals surface area (Å²) < 4.78 is 40.0. The van der Waals surface area contributed by atoms with Crippen molar-refractivity contribution in [3.8, 4) is 11.5 Å². The first-order valence-electron chi connectivity index (χ1n) is 5.50. The highest BCUT2D eigenvalue weighted by atomic mass is 19.4. The van der Waals surface area contributed by atoms with Gasteiger partial charge in [-0.15, -0.1) is 13.2 Å². The minimum absolute atomic E-state index is 0.510. The van der Waals surface area contributed by atoms with E-state index in [2.05, 4.69) is 4.74 Å². The summed E-state index contributed by atoms with van der Waals surface area (Å²) >= 11 is 0. The molecule has 0 aliphatic rings. The molecule has 0 unspecified atom stereocenters. The smallest absolute Gasteiger partial charge is 0.504 e. The molecule has 0 atom stereocenters. The number of ether oxygens (including phenoxy) is 1. The van der Waals surface area contributed by atoms with Crippen molar-refractivity contribution >= 4 is 0 Å². The maximum Gasteiger partial charge on any atom is 0.573 e. The Morgan fingerprint density at radius 2 is 1.94 bits per heavy atom. The van der Waals surface area contributed by atoms with Crippen LogP contribution in [0.1, 0.15) is 12.0 Å². The lowest BCUT2D eigenvalue weighted by Gasteiger charge is -2.12. The molecule has 0 saturated heterocycles. The summed E-state index contributed by atoms with van der Waals surface area (Å²) in [6, 6.07) is 4.03. The van der Waals surface area contributed by atoms with Crippen LogP contribution in [-0.4, -0.2) is 37.0 Å². The number of benzene rings is 1. The molecule has 3 nitrogen and oxygen atoms in total. The van der Waals surface area contributed by atoms with Crippen LogP contribution < -0.4 is 4.74 Å². The zero-order valence-corrected chi connectivity index (χ0v) is 10.3. The Morgan fingerprint density at radius 3 is 2.50 bits per heavy atom. The quantitative estimate of drug-likeness (QED) is 0.886. The van der Waals surface area contributed by atoms with Gasteiger partial charge in [0, 0.05) is 0 Å². The van der Waals surface area contributed by atoms with Gasteiger partial charge in [-0.3, -0.25) is 0 Å². The van der Waals surface area contributed by atoms with Crippen molar-refractivity contribution in [3.63, 3.8) is 0 Å². The van der Waals surface area contributed by atoms with E-state index >= 15 is 0 Å². The van der Waals surface area contributed by atoms with Crippen LogP contribution in [0.25, 0.3) is 0 Å². The van der Waals surface area contributed by atoms with E-state index in [0.29, 0.717) is 12.0 Å². The van der Waals surface area contributed by atoms with E-state index < -0.39 is 17.9 Å². The lowest BCUT2D eigenvalue weighted by molar-refractivity contribution is -0.275. The van der Waals surface area contributed by atoms with E-state index in [1.807, 2.05) is 19.0 Å². The number of nitrogens with zero attached hydrogens (tertiary/aromatic N) is 1. The van der Waals surface area contributed by atoms with Crippen LogP contribution in [0.2, 0.25) is 0 Å². The van der Waals surface area contributed by atoms with Gasteiger partial charge in [0.25, 0.3) is 0 Å². The van der Waals surface area contributed by atoms with Crippen LogP contribution in [0, 0.1) is 0 Å². The van der Waals surface area contributed by atoms with E-state index in [0.717, 1.165) is 13.0 Å². The summed E-state index contributed by atoms with van der Waals surface area (Å²) in [5, 5.41) is 9.28. The van der Waals surface area contributed by atoms with Crippen LogP contribution in [0.4, 0.5) is 13.2 Å². The van der Waals surface area contributed by atoms with Gasteiger partial charge in [-0.2, -0.15) is 0 Å². The van der Waals surface area contributed by atoms with Crippen molar-refractivity contribution in [3.05, 3.63) is 23.8 Å². The number of hydrogen-bond acceptors (Lipinski definition) is 3. The molecule has 0 bridgehead atoms. The lowest BCUT2D eigenvalue weighted by atomic mass is 10.1. The maximum absolute atomic E-state index is 12.1. The summed E-state index contributed by atoms with van der Waals surface area (Å²) in [7, 11) is 3.85. The monoisotopic (exact) mass is 263 g/mol. The second kappa shape index (κ2) is 5.95. The van der Waals surface area contributed by atoms with Crippen molar-refractivity contribution in [2.24, 2.45) is 0 Å². The lowest BCUT2D eigenvalue weighted by Crippen LogP contribution is -2.17. The Morgan fingerprint density at radius 1 is 1.28 bits per heavy atom. The van der Waals surface area contributed by atoms with E-state index in [1.54, 1.807) is 6.07 Å². The SMILES string of the molecule is CN(C)CCCc1ccc(O)c(OC(F)(F)F)c1. The molecule has 0 spiro atoms. The molecule has 1 rings (SSSR count). The number of rotatable bonds is 5. The number of phenolic OH excluding ortho intramolecular Hbond substituents is 1. The minimum atomic E-state index is -4.79. The number of halogens is 3. The molecule has 1 aromatic carbocycles. The molecule has 102 valence electrons. The summed E-state index contributed by atoms with van der Waals surface area (Å²) in [6.45, 7) is 0.844. The predicted molar refractivity (Wildman–Crippen MR) is 61.7 cm³/mol. The van der Waals surface area contributed by atoms with Crippen LogP contribution in [-0.2, 0) is 6.42 Å². The van der Waals surface area contributed by atoms with Crippen molar-refractivity contribution in [2.45, 2.75) is 19.2 Å². The number of aryl methyl sites for hydroxylation is 1. The van der Waals surface area contributed by atoms with Crippen molar-refractivity contribution in [1.82, 2.24) is 4.90 Å². The third-order valence-electron chi connectivity index (χ3n) is 2.32. The molecular weight excluding hydrogens is 247 g/mol. The molecule has 0 aliphatic carbocycles. The second-order valence-electron chi connectivity index (χ2n) is 4.26. The molecule has 6 heteroatoms. The Bertz CT molecular complexity index is 391. The summed E-state index contributed by atoms with van der Waals surface area (Å²) in [5.41, 5.74) is 0.703. The zero-order chi connectivity index (χ0) is 13.8. The predicted octanol–water partition coefficient (Wildman–Crippen LogP) is 2.79. The third kappa shape index (κ3) is 5.27. The molecule has 0 saturated carbocycles. The molecule has 0 aliphatic heterocycles. The molecule has 0 aromatic heterocycles. The van der Waals surface area contributed by atoms with Crippen molar-refractivity contribution < 1.29 is 23.0 Å². The summed E-state index contributed by atoms with van der Waals surface area (Å²) in [5.74, 6) is -1.06. The first-order valence-corrected chi connectivity index (χ1v) is 5.50. The zero-order valence-electron chi connectivity index (χ0n) is 10.3. The van der Waals surface area contributed by atoms with Gasteiger partial charge in [-0.05, 0) is 51.2 Å². The fourth-order valence-electron chi connectivity index (χ4n) is 1.52. The molecule has 1 aromatic rings. The van der Waals surface area contributed by atoms with E-state index in [4.69, 9.17) is 0 Å². The van der Waals surface area contributed by atoms with E-state index in [9.17, 15) is 18.3 Å². The number of phenols is 1. The first-order chi connectivity index (χ1) is 8.28. The number of hydrogen-bond donors (Lipinski definition) is 1. The van der Waals surface area contributed by atoms with Gasteiger partial charge in [-0.1, -0.05) is 6.07 Å². The summed E-state index contributed by atoms with van der Waals surface area (Å²) in [4.78, 5) is 1.99. The van der Waals surface area contributed by atoms with Crippen LogP contribution in [0.15, 0.2) is 18.2 Å². The fraction of sp³-hybridized carbons (Fsp3) is 0.500. The molecule has 18 heavy (non-hydrogen) atoms. The Hall–Kier alpha value is -1.43. The Kier molecular flexibility index (Phi) is 4.84. The molecule has 0 radical (unpaired) electrons. The molecule has 0 heterocycles. The van der Waals surface area contributed by atoms with Gasteiger partial charge >= 0.3 is 6.36 Å². The van der Waals surface area contributed by atoms with Gasteiger partial charge < -0.3 is 14.7 Å². The van der Waals surface area contributed by atoms with Crippen molar-refractivity contribution in [1.29, 1.82) is 0 Å². The van der Waals surface area contributed by atoms with Gasteiger partial charge in [0.15, 0.2) is 11.5 Å². The van der Waals surface area contributed by atoms with Crippen LogP contribution >= 0.6 is 0 Å². The van der Waals surface area contributed by atoms with Crippen molar-refractivity contribution in [2.75, 3.05) is 20.6 Å². The highest BCUT2D eigenvalue weighted by Crippen LogP contribution is 2.32. The third-order valence-corrected chi connectivity index (χ3v) is 2.32. The molecule has 0 amide bonds. The van der Waals surface area contributed by atoms with E-state index in [1.165, 1.54) is 12.1 Å². The van der Waals surface area contributed by atoms with Crippen LogP contribution in [0.3, 0.4) is 0 Å². The Balaban J connectivity index is 2.68. The summed E-state index contributed by atoms with van der Waals surface area (Å²) in [6.07, 6.45) is -3.34. The topological polar surface area (TPSA) is 32.7 Å². The molecule has 0 fully saturated rings. The second-order valence-corrected chi connectivity index (χ2v) is 4.26. The van der Waals surface area contributed by atoms with Gasteiger partial charge in [0.05, 0.1) is 0 Å². The first kappa shape index (κ1) is 14.6. The fourth-order valence-corrected chi connectivity index (χ4v) is 1.52. The van der Waals surface area contributed by atoms with E-state index in [-0.39, 0.29) is 0 Å². The minimum Gasteiger partial charge on any atom is -0.504 e. The maximum atomic E-state index is 12.1. The molecular formula is C12H16F3NO2.